The first kappa shape index (κ1) is 20.4. The van der Waals surface area contributed by atoms with Crippen LogP contribution in [0.3, 0.4) is 0 Å². The summed E-state index contributed by atoms with van der Waals surface area (Å²) in [5, 5.41) is 8.51. The lowest BCUT2D eigenvalue weighted by Crippen LogP contribution is -1.93. The number of allylic oxidation sites excluding steroid dienone is 8. The van der Waals surface area contributed by atoms with E-state index in [1.165, 1.54) is 0 Å². The highest BCUT2D eigenvalue weighted by molar-refractivity contribution is 5.66. The molecule has 2 heteroatoms. The molecule has 0 spiro atoms. The van der Waals surface area contributed by atoms with E-state index < -0.39 is 5.97 Å². The second-order valence-electron chi connectivity index (χ2n) is 5.38. The van der Waals surface area contributed by atoms with Gasteiger partial charge in [0.25, 0.3) is 0 Å². The fourth-order valence-electron chi connectivity index (χ4n) is 2.03. The molecule has 2 nitrogen and oxygen atoms in total. The number of aliphatic carboxylic acids is 1. The minimum Gasteiger partial charge on any atom is -0.481 e. The van der Waals surface area contributed by atoms with E-state index >= 15 is 0 Å². The van der Waals surface area contributed by atoms with Crippen molar-refractivity contribution in [3.05, 3.63) is 48.6 Å². The second kappa shape index (κ2) is 17.5. The molecule has 0 atom stereocenters. The zero-order chi connectivity index (χ0) is 16.3. The Balaban J connectivity index is 3.32. The van der Waals surface area contributed by atoms with Crippen LogP contribution in [0.15, 0.2) is 48.6 Å². The Kier molecular flexibility index (Phi) is 16.2. The summed E-state index contributed by atoms with van der Waals surface area (Å²) < 4.78 is 0. The molecule has 0 fully saturated rings. The SMILES string of the molecule is C/C=C\CC/C=C\C/C=C\C/C=C\CCCCCCC(=O)O. The third-order valence-electron chi connectivity index (χ3n) is 3.29. The molecule has 0 aromatic carbocycles. The molecule has 0 rings (SSSR count). The van der Waals surface area contributed by atoms with Crippen molar-refractivity contribution in [2.45, 2.75) is 71.1 Å². The number of hydrogen-bond donors (Lipinski definition) is 1. The van der Waals surface area contributed by atoms with E-state index in [1.54, 1.807) is 0 Å². The van der Waals surface area contributed by atoms with E-state index in [4.69, 9.17) is 5.11 Å². The molecule has 0 heterocycles. The van der Waals surface area contributed by atoms with Crippen LogP contribution in [0.1, 0.15) is 71.1 Å². The van der Waals surface area contributed by atoms with Gasteiger partial charge < -0.3 is 5.11 Å². The van der Waals surface area contributed by atoms with E-state index in [0.29, 0.717) is 6.42 Å². The predicted octanol–water partition coefficient (Wildman–Crippen LogP) is 6.22. The van der Waals surface area contributed by atoms with Gasteiger partial charge in [0.15, 0.2) is 0 Å². The maximum Gasteiger partial charge on any atom is 0.303 e. The van der Waals surface area contributed by atoms with Crippen LogP contribution in [-0.4, -0.2) is 11.1 Å². The van der Waals surface area contributed by atoms with Crippen molar-refractivity contribution in [1.82, 2.24) is 0 Å². The third-order valence-corrected chi connectivity index (χ3v) is 3.29. The highest BCUT2D eigenvalue weighted by atomic mass is 16.4. The summed E-state index contributed by atoms with van der Waals surface area (Å²) in [5.74, 6) is -0.681. The Morgan fingerprint density at radius 3 is 1.91 bits per heavy atom. The average molecular weight is 304 g/mol. The number of rotatable bonds is 14. The van der Waals surface area contributed by atoms with Gasteiger partial charge in [-0.05, 0) is 51.9 Å². The van der Waals surface area contributed by atoms with Gasteiger partial charge in [-0.3, -0.25) is 4.79 Å². The number of unbranched alkanes of at least 4 members (excludes halogenated alkanes) is 5. The Morgan fingerprint density at radius 2 is 1.27 bits per heavy atom. The van der Waals surface area contributed by atoms with Crippen molar-refractivity contribution in [3.8, 4) is 0 Å². The Bertz CT molecular complexity index is 362. The summed E-state index contributed by atoms with van der Waals surface area (Å²) in [6.45, 7) is 2.06. The van der Waals surface area contributed by atoms with Crippen molar-refractivity contribution in [1.29, 1.82) is 0 Å². The lowest BCUT2D eigenvalue weighted by Gasteiger charge is -1.96. The first-order chi connectivity index (χ1) is 10.8. The maximum atomic E-state index is 10.3. The maximum absolute atomic E-state index is 10.3. The van der Waals surface area contributed by atoms with Crippen LogP contribution in [0.4, 0.5) is 0 Å². The highest BCUT2D eigenvalue weighted by Gasteiger charge is 1.95. The molecule has 0 aromatic heterocycles. The second-order valence-corrected chi connectivity index (χ2v) is 5.38. The molecule has 0 saturated heterocycles. The largest absolute Gasteiger partial charge is 0.481 e. The highest BCUT2D eigenvalue weighted by Crippen LogP contribution is 2.06. The lowest BCUT2D eigenvalue weighted by molar-refractivity contribution is -0.137. The summed E-state index contributed by atoms with van der Waals surface area (Å²) in [7, 11) is 0. The lowest BCUT2D eigenvalue weighted by atomic mass is 10.1. The molecule has 0 radical (unpaired) electrons. The zero-order valence-corrected chi connectivity index (χ0v) is 14.0. The van der Waals surface area contributed by atoms with E-state index in [0.717, 1.165) is 57.8 Å². The Labute approximate surface area is 136 Å². The quantitative estimate of drug-likeness (QED) is 0.305. The van der Waals surface area contributed by atoms with E-state index in [9.17, 15) is 4.79 Å². The molecule has 0 aliphatic rings. The normalized spacial score (nSPS) is 12.4. The van der Waals surface area contributed by atoms with Gasteiger partial charge in [0.1, 0.15) is 0 Å². The molecule has 0 aromatic rings. The van der Waals surface area contributed by atoms with Crippen LogP contribution < -0.4 is 0 Å². The van der Waals surface area contributed by atoms with Gasteiger partial charge in [-0.2, -0.15) is 0 Å². The summed E-state index contributed by atoms with van der Waals surface area (Å²) in [4.78, 5) is 10.3. The van der Waals surface area contributed by atoms with Crippen LogP contribution in [0.2, 0.25) is 0 Å². The topological polar surface area (TPSA) is 37.3 Å². The molecule has 0 unspecified atom stereocenters. The Morgan fingerprint density at radius 1 is 0.727 bits per heavy atom. The van der Waals surface area contributed by atoms with Crippen LogP contribution in [0.5, 0.6) is 0 Å². The van der Waals surface area contributed by atoms with Crippen molar-refractivity contribution in [2.24, 2.45) is 0 Å². The number of carboxylic acids is 1. The monoisotopic (exact) mass is 304 g/mol. The van der Waals surface area contributed by atoms with Gasteiger partial charge in [0.2, 0.25) is 0 Å². The first-order valence-electron chi connectivity index (χ1n) is 8.55. The van der Waals surface area contributed by atoms with E-state index in [2.05, 4.69) is 55.5 Å². The molecule has 0 aliphatic carbocycles. The van der Waals surface area contributed by atoms with Gasteiger partial charge in [0, 0.05) is 6.42 Å². The summed E-state index contributed by atoms with van der Waals surface area (Å²) in [6, 6.07) is 0. The molecule has 1 N–H and O–H groups in total. The average Bonchev–Trinajstić information content (AvgIpc) is 2.50. The van der Waals surface area contributed by atoms with Crippen molar-refractivity contribution >= 4 is 5.97 Å². The van der Waals surface area contributed by atoms with Gasteiger partial charge >= 0.3 is 5.97 Å². The predicted molar refractivity (Wildman–Crippen MR) is 96.0 cm³/mol. The standard InChI is InChI=1S/C20H32O2/c1-2-3-4-5-6-7-8-9-10-11-12-13-14-15-16-17-18-19-20(21)22/h2-3,6-7,9-10,12-13H,4-5,8,11,14-19H2,1H3,(H,21,22)/b3-2-,7-6-,10-9-,13-12-. The van der Waals surface area contributed by atoms with Gasteiger partial charge in [-0.1, -0.05) is 61.4 Å². The summed E-state index contributed by atoms with van der Waals surface area (Å²) in [6.07, 6.45) is 27.4. The first-order valence-corrected chi connectivity index (χ1v) is 8.55. The van der Waals surface area contributed by atoms with Crippen molar-refractivity contribution < 1.29 is 9.90 Å². The molecule has 0 saturated carbocycles. The van der Waals surface area contributed by atoms with Crippen LogP contribution in [-0.2, 0) is 4.79 Å². The fraction of sp³-hybridized carbons (Fsp3) is 0.550. The molecule has 0 aliphatic heterocycles. The minimum atomic E-state index is -0.681. The zero-order valence-electron chi connectivity index (χ0n) is 14.0. The smallest absolute Gasteiger partial charge is 0.303 e. The molecular weight excluding hydrogens is 272 g/mol. The summed E-state index contributed by atoms with van der Waals surface area (Å²) in [5.41, 5.74) is 0. The van der Waals surface area contributed by atoms with E-state index in [-0.39, 0.29) is 0 Å². The van der Waals surface area contributed by atoms with Gasteiger partial charge in [-0.15, -0.1) is 0 Å². The van der Waals surface area contributed by atoms with Crippen LogP contribution in [0.25, 0.3) is 0 Å². The van der Waals surface area contributed by atoms with Crippen LogP contribution >= 0.6 is 0 Å². The van der Waals surface area contributed by atoms with Crippen molar-refractivity contribution in [3.63, 3.8) is 0 Å². The Hall–Kier alpha value is -1.57. The molecular formula is C20H32O2. The number of carboxylic acid groups (broad SMARTS) is 1. The van der Waals surface area contributed by atoms with Gasteiger partial charge in [-0.25, -0.2) is 0 Å². The van der Waals surface area contributed by atoms with Crippen molar-refractivity contribution in [2.75, 3.05) is 0 Å². The van der Waals surface area contributed by atoms with Gasteiger partial charge in [0.05, 0.1) is 0 Å². The third kappa shape index (κ3) is 18.4. The summed E-state index contributed by atoms with van der Waals surface area (Å²) >= 11 is 0. The number of hydrogen-bond acceptors (Lipinski definition) is 1. The van der Waals surface area contributed by atoms with Crippen LogP contribution in [0, 0.1) is 0 Å². The molecule has 0 bridgehead atoms. The molecule has 22 heavy (non-hydrogen) atoms. The number of carbonyl (C=O) groups is 1. The molecule has 0 amide bonds. The van der Waals surface area contributed by atoms with E-state index in [1.807, 2.05) is 0 Å². The minimum absolute atomic E-state index is 0.310. The fourth-order valence-corrected chi connectivity index (χ4v) is 2.03. The molecule has 124 valence electrons.